The van der Waals surface area contributed by atoms with E-state index in [1.54, 1.807) is 0 Å². The second kappa shape index (κ2) is 1.96. The molecule has 6 heteroatoms. The minimum atomic E-state index is -4.54. The maximum absolute atomic E-state index is 11.8. The predicted octanol–water partition coefficient (Wildman–Crippen LogP) is 1.57. The molecule has 1 aromatic heterocycles. The zero-order valence-corrected chi connectivity index (χ0v) is 4.54. The van der Waals surface area contributed by atoms with Gasteiger partial charge in [-0.25, -0.2) is 4.98 Å². The molecule has 0 radical (unpaired) electrons. The maximum Gasteiger partial charge on any atom is 0.432 e. The summed E-state index contributed by atoms with van der Waals surface area (Å²) in [5, 5.41) is 0. The van der Waals surface area contributed by atoms with Crippen molar-refractivity contribution in [1.29, 1.82) is 0 Å². The summed E-state index contributed by atoms with van der Waals surface area (Å²) >= 11 is 0. The van der Waals surface area contributed by atoms with Crippen molar-refractivity contribution >= 4 is 0 Å². The van der Waals surface area contributed by atoms with Crippen molar-refractivity contribution in [3.63, 3.8) is 0 Å². The minimum absolute atomic E-state index is 0.398. The van der Waals surface area contributed by atoms with Crippen LogP contribution in [0.2, 0.25) is 0 Å². The Labute approximate surface area is 52.9 Å². The second-order valence-corrected chi connectivity index (χ2v) is 1.59. The fourth-order valence-electron chi connectivity index (χ4n) is 0.441. The first-order valence-electron chi connectivity index (χ1n) is 2.28. The van der Waals surface area contributed by atoms with E-state index in [4.69, 9.17) is 0 Å². The lowest BCUT2D eigenvalue weighted by Gasteiger charge is -1.99. The molecular weight excluding hydrogens is 152 g/mol. The van der Waals surface area contributed by atoms with Gasteiger partial charge in [-0.1, -0.05) is 0 Å². The van der Waals surface area contributed by atoms with E-state index < -0.39 is 17.9 Å². The summed E-state index contributed by atoms with van der Waals surface area (Å²) in [4.78, 5) is 4.15. The Bertz CT molecular complexity index is 225. The lowest BCUT2D eigenvalue weighted by Crippen LogP contribution is -2.04. The van der Waals surface area contributed by atoms with Crippen LogP contribution in [0.4, 0.5) is 17.6 Å². The summed E-state index contributed by atoms with van der Waals surface area (Å²) in [6.07, 6.45) is -5.38. The summed E-state index contributed by atoms with van der Waals surface area (Å²) in [6, 6.07) is 0. The smallest absolute Gasteiger partial charge is 0.310 e. The Morgan fingerprint density at radius 2 is 2.00 bits per heavy atom. The van der Waals surface area contributed by atoms with Crippen molar-refractivity contribution < 1.29 is 17.6 Å². The minimum Gasteiger partial charge on any atom is -0.310 e. The largest absolute Gasteiger partial charge is 0.432 e. The van der Waals surface area contributed by atoms with E-state index in [1.165, 1.54) is 4.98 Å². The number of alkyl halides is 3. The van der Waals surface area contributed by atoms with Crippen LogP contribution in [-0.4, -0.2) is 9.97 Å². The van der Waals surface area contributed by atoms with Crippen molar-refractivity contribution in [2.75, 3.05) is 0 Å². The summed E-state index contributed by atoms with van der Waals surface area (Å²) in [7, 11) is 0. The average molecular weight is 154 g/mol. The monoisotopic (exact) mass is 154 g/mol. The van der Waals surface area contributed by atoms with Crippen LogP contribution in [0.5, 0.6) is 0 Å². The number of hydrogen-bond donors (Lipinski definition) is 1. The summed E-state index contributed by atoms with van der Waals surface area (Å²) < 4.78 is 46.5. The third-order valence-corrected chi connectivity index (χ3v) is 0.850. The fourth-order valence-corrected chi connectivity index (χ4v) is 0.441. The molecule has 1 heterocycles. The van der Waals surface area contributed by atoms with Gasteiger partial charge in [-0.05, 0) is 0 Å². The number of rotatable bonds is 0. The first-order valence-corrected chi connectivity index (χ1v) is 2.28. The summed E-state index contributed by atoms with van der Waals surface area (Å²) in [5.74, 6) is 0. The van der Waals surface area contributed by atoms with Crippen LogP contribution >= 0.6 is 0 Å². The Balaban J connectivity index is 2.96. The van der Waals surface area contributed by atoms with Gasteiger partial charge in [0, 0.05) is 0 Å². The first kappa shape index (κ1) is 7.04. The molecule has 2 nitrogen and oxygen atoms in total. The number of aromatic nitrogens is 2. The van der Waals surface area contributed by atoms with Crippen LogP contribution in [0.25, 0.3) is 0 Å². The van der Waals surface area contributed by atoms with Crippen molar-refractivity contribution in [2.24, 2.45) is 0 Å². The quantitative estimate of drug-likeness (QED) is 0.564. The van der Waals surface area contributed by atoms with E-state index in [0.29, 0.717) is 6.20 Å². The maximum atomic E-state index is 11.8. The zero-order valence-electron chi connectivity index (χ0n) is 4.54. The fraction of sp³-hybridized carbons (Fsp3) is 0.250. The van der Waals surface area contributed by atoms with Gasteiger partial charge < -0.3 is 4.98 Å². The van der Waals surface area contributed by atoms with E-state index in [-0.39, 0.29) is 0 Å². The predicted molar refractivity (Wildman–Crippen MR) is 23.5 cm³/mol. The highest BCUT2D eigenvalue weighted by Gasteiger charge is 2.32. The molecule has 1 aromatic rings. The van der Waals surface area contributed by atoms with E-state index in [2.05, 4.69) is 4.98 Å². The highest BCUT2D eigenvalue weighted by molar-refractivity contribution is 4.99. The molecule has 0 atom stereocenters. The molecule has 0 spiro atoms. The lowest BCUT2D eigenvalue weighted by molar-refractivity contribution is -0.141. The van der Waals surface area contributed by atoms with Gasteiger partial charge in [0.05, 0.1) is 6.20 Å². The van der Waals surface area contributed by atoms with E-state index in [9.17, 15) is 17.6 Å². The highest BCUT2D eigenvalue weighted by Crippen LogP contribution is 2.26. The van der Waals surface area contributed by atoms with Crippen LogP contribution in [0.3, 0.4) is 0 Å². The van der Waals surface area contributed by atoms with Gasteiger partial charge in [0.25, 0.3) is 6.08 Å². The molecule has 1 N–H and O–H groups in total. The van der Waals surface area contributed by atoms with Crippen molar-refractivity contribution in [1.82, 2.24) is 9.97 Å². The number of halogens is 4. The zero-order chi connectivity index (χ0) is 7.78. The molecule has 0 aliphatic rings. The van der Waals surface area contributed by atoms with E-state index in [1.807, 2.05) is 0 Å². The average Bonchev–Trinajstić information content (AvgIpc) is 2.11. The second-order valence-electron chi connectivity index (χ2n) is 1.59. The molecule has 0 aliphatic carbocycles. The standard InChI is InChI=1S/C4H2F4N2/c5-3-9-1-2(10-3)4(6,7)8/h1H,(H,9,10). The highest BCUT2D eigenvalue weighted by atomic mass is 19.4. The van der Waals surface area contributed by atoms with Gasteiger partial charge in [0.15, 0.2) is 0 Å². The third kappa shape index (κ3) is 1.26. The Kier molecular flexibility index (Phi) is 1.38. The molecule has 56 valence electrons. The molecule has 10 heavy (non-hydrogen) atoms. The Morgan fingerprint density at radius 1 is 1.40 bits per heavy atom. The number of nitrogens with zero attached hydrogens (tertiary/aromatic N) is 1. The number of aromatic amines is 1. The number of nitrogens with one attached hydrogen (secondary N) is 1. The molecule has 0 aliphatic heterocycles. The third-order valence-electron chi connectivity index (χ3n) is 0.850. The van der Waals surface area contributed by atoms with Gasteiger partial charge in [0.2, 0.25) is 0 Å². The van der Waals surface area contributed by atoms with Gasteiger partial charge in [-0.15, -0.1) is 0 Å². The summed E-state index contributed by atoms with van der Waals surface area (Å²) in [5.41, 5.74) is -1.18. The molecule has 0 saturated heterocycles. The molecule has 0 unspecified atom stereocenters. The normalized spacial score (nSPS) is 12.0. The first-order chi connectivity index (χ1) is 4.50. The van der Waals surface area contributed by atoms with Gasteiger partial charge >= 0.3 is 6.18 Å². The Hall–Kier alpha value is -1.07. The SMILES string of the molecule is Fc1ncc(C(F)(F)F)[nH]1. The van der Waals surface area contributed by atoms with Crippen molar-refractivity contribution in [2.45, 2.75) is 6.18 Å². The van der Waals surface area contributed by atoms with Crippen LogP contribution in [0.15, 0.2) is 6.20 Å². The molecule has 0 bridgehead atoms. The van der Waals surface area contributed by atoms with Crippen LogP contribution in [0, 0.1) is 6.08 Å². The summed E-state index contributed by atoms with van der Waals surface area (Å²) in [6.45, 7) is 0. The molecule has 0 amide bonds. The van der Waals surface area contributed by atoms with Gasteiger partial charge in [-0.2, -0.15) is 17.6 Å². The van der Waals surface area contributed by atoms with Crippen molar-refractivity contribution in [3.8, 4) is 0 Å². The molecule has 0 fully saturated rings. The topological polar surface area (TPSA) is 28.7 Å². The lowest BCUT2D eigenvalue weighted by atomic mass is 10.5. The molecule has 0 saturated carbocycles. The van der Waals surface area contributed by atoms with E-state index in [0.717, 1.165) is 0 Å². The van der Waals surface area contributed by atoms with Crippen LogP contribution in [-0.2, 0) is 6.18 Å². The molecular formula is C4H2F4N2. The van der Waals surface area contributed by atoms with Gasteiger partial charge in [0.1, 0.15) is 5.69 Å². The van der Waals surface area contributed by atoms with Crippen molar-refractivity contribution in [3.05, 3.63) is 18.0 Å². The van der Waals surface area contributed by atoms with Crippen LogP contribution < -0.4 is 0 Å². The number of H-pyrrole nitrogens is 1. The molecule has 1 rings (SSSR count). The molecule has 0 aromatic carbocycles. The van der Waals surface area contributed by atoms with Crippen LogP contribution in [0.1, 0.15) is 5.69 Å². The van der Waals surface area contributed by atoms with Gasteiger partial charge in [-0.3, -0.25) is 0 Å². The number of imidazole rings is 1. The van der Waals surface area contributed by atoms with E-state index >= 15 is 0 Å². The Morgan fingerprint density at radius 3 is 2.20 bits per heavy atom. The number of hydrogen-bond acceptors (Lipinski definition) is 1.